The Morgan fingerprint density at radius 1 is 1.44 bits per heavy atom. The van der Waals surface area contributed by atoms with Gasteiger partial charge in [0.1, 0.15) is 5.82 Å². The molecule has 1 aromatic rings. The number of rotatable bonds is 3. The molecule has 1 aliphatic heterocycles. The van der Waals surface area contributed by atoms with Crippen LogP contribution in [-0.2, 0) is 0 Å². The summed E-state index contributed by atoms with van der Waals surface area (Å²) in [7, 11) is 0. The first-order chi connectivity index (χ1) is 8.65. The fraction of sp³-hybridized carbons (Fsp3) is 0.462. The number of nitrogens with zero attached hydrogens (tertiary/aromatic N) is 2. The lowest BCUT2D eigenvalue weighted by atomic mass is 10.1. The molecule has 1 unspecified atom stereocenters. The molecule has 0 bridgehead atoms. The maximum Gasteiger partial charge on any atom is 0.191 e. The van der Waals surface area contributed by atoms with Gasteiger partial charge in [-0.25, -0.2) is 4.39 Å². The molecule has 2 N–H and O–H groups in total. The smallest absolute Gasteiger partial charge is 0.191 e. The number of hydrogen-bond donors (Lipinski definition) is 1. The Balaban J connectivity index is 1.85. The summed E-state index contributed by atoms with van der Waals surface area (Å²) in [4.78, 5) is 6.31. The molecule has 5 heteroatoms. The Labute approximate surface area is 114 Å². The van der Waals surface area contributed by atoms with Gasteiger partial charge in [-0.2, -0.15) is 0 Å². The number of nitrogens with two attached hydrogens (primary N) is 1. The van der Waals surface area contributed by atoms with Gasteiger partial charge in [-0.05, 0) is 30.9 Å². The van der Waals surface area contributed by atoms with Gasteiger partial charge in [-0.3, -0.25) is 4.99 Å². The summed E-state index contributed by atoms with van der Waals surface area (Å²) >= 11 is 3.28. The molecule has 96 valence electrons. The number of halogens is 2. The monoisotopic (exact) mass is 311 g/mol. The van der Waals surface area contributed by atoms with Crippen LogP contribution in [0.5, 0.6) is 0 Å². The minimum absolute atomic E-state index is 0.0429. The summed E-state index contributed by atoms with van der Waals surface area (Å²) in [5.74, 6) is 1.06. The Morgan fingerprint density at radius 2 is 2.22 bits per heavy atom. The average molecular weight is 312 g/mol. The zero-order chi connectivity index (χ0) is 12.7. The maximum absolute atomic E-state index is 14.0. The second-order valence-corrected chi connectivity index (χ2v) is 5.89. The van der Waals surface area contributed by atoms with Crippen molar-refractivity contribution in [3.63, 3.8) is 0 Å². The van der Waals surface area contributed by atoms with Gasteiger partial charge in [0.2, 0.25) is 0 Å². The highest BCUT2D eigenvalue weighted by Crippen LogP contribution is 2.35. The third-order valence-corrected chi connectivity index (χ3v) is 4.06. The lowest BCUT2D eigenvalue weighted by Gasteiger charge is -2.26. The van der Waals surface area contributed by atoms with E-state index in [0.717, 1.165) is 11.0 Å². The van der Waals surface area contributed by atoms with Crippen LogP contribution < -0.4 is 5.73 Å². The van der Waals surface area contributed by atoms with Crippen LogP contribution >= 0.6 is 15.9 Å². The maximum atomic E-state index is 14.0. The van der Waals surface area contributed by atoms with Crippen LogP contribution in [0.1, 0.15) is 24.4 Å². The van der Waals surface area contributed by atoms with Gasteiger partial charge in [0.05, 0.1) is 12.6 Å². The molecule has 0 saturated heterocycles. The fourth-order valence-electron chi connectivity index (χ4n) is 2.37. The first kappa shape index (κ1) is 12.0. The molecule has 3 rings (SSSR count). The van der Waals surface area contributed by atoms with Crippen LogP contribution in [0.3, 0.4) is 0 Å². The van der Waals surface area contributed by atoms with Gasteiger partial charge in [-0.1, -0.05) is 22.0 Å². The van der Waals surface area contributed by atoms with Crippen molar-refractivity contribution in [2.45, 2.75) is 18.9 Å². The van der Waals surface area contributed by atoms with Gasteiger partial charge in [0, 0.05) is 16.6 Å². The molecule has 0 radical (unpaired) electrons. The normalized spacial score (nSPS) is 23.3. The third-order valence-electron chi connectivity index (χ3n) is 3.57. The van der Waals surface area contributed by atoms with E-state index in [-0.39, 0.29) is 11.9 Å². The molecule has 2 aliphatic rings. The van der Waals surface area contributed by atoms with Crippen molar-refractivity contribution >= 4 is 21.9 Å². The Morgan fingerprint density at radius 3 is 2.89 bits per heavy atom. The highest BCUT2D eigenvalue weighted by Gasteiger charge is 2.34. The lowest BCUT2D eigenvalue weighted by Crippen LogP contribution is -2.37. The van der Waals surface area contributed by atoms with E-state index < -0.39 is 0 Å². The molecule has 0 amide bonds. The van der Waals surface area contributed by atoms with Crippen molar-refractivity contribution in [1.82, 2.24) is 4.90 Å². The molecule has 1 aromatic carbocycles. The molecule has 3 nitrogen and oxygen atoms in total. The van der Waals surface area contributed by atoms with E-state index in [1.54, 1.807) is 0 Å². The first-order valence-electron chi connectivity index (χ1n) is 6.16. The molecule has 0 aromatic heterocycles. The van der Waals surface area contributed by atoms with Crippen LogP contribution in [0.2, 0.25) is 0 Å². The summed E-state index contributed by atoms with van der Waals surface area (Å²) in [6.07, 6.45) is 2.50. The van der Waals surface area contributed by atoms with Crippen LogP contribution in [-0.4, -0.2) is 23.9 Å². The van der Waals surface area contributed by atoms with Crippen molar-refractivity contribution in [2.75, 3.05) is 13.1 Å². The summed E-state index contributed by atoms with van der Waals surface area (Å²) < 4.78 is 14.8. The number of benzene rings is 1. The first-order valence-corrected chi connectivity index (χ1v) is 6.96. The van der Waals surface area contributed by atoms with Crippen molar-refractivity contribution in [3.8, 4) is 0 Å². The van der Waals surface area contributed by atoms with E-state index in [1.165, 1.54) is 18.9 Å². The van der Waals surface area contributed by atoms with Gasteiger partial charge in [0.15, 0.2) is 5.96 Å². The van der Waals surface area contributed by atoms with Crippen molar-refractivity contribution in [3.05, 3.63) is 34.1 Å². The molecule has 1 atom stereocenters. The summed E-state index contributed by atoms with van der Waals surface area (Å²) in [6, 6.07) is 5.14. The molecule has 1 heterocycles. The fourth-order valence-corrected chi connectivity index (χ4v) is 2.70. The summed E-state index contributed by atoms with van der Waals surface area (Å²) in [5, 5.41) is 0. The standard InChI is InChI=1S/C13H15BrFN3/c14-9-3-4-10(11(15)5-9)12-6-17-13(16)18(12)7-8-1-2-8/h3-5,8,12H,1-2,6-7H2,(H2,16,17). The average Bonchev–Trinajstić information content (AvgIpc) is 3.06. The Hall–Kier alpha value is -1.10. The molecule has 1 aliphatic carbocycles. The number of guanidine groups is 1. The molecular weight excluding hydrogens is 297 g/mol. The van der Waals surface area contributed by atoms with Crippen LogP contribution in [0, 0.1) is 11.7 Å². The zero-order valence-corrected chi connectivity index (χ0v) is 11.5. The van der Waals surface area contributed by atoms with E-state index in [0.29, 0.717) is 24.0 Å². The topological polar surface area (TPSA) is 41.6 Å². The van der Waals surface area contributed by atoms with Crippen LogP contribution in [0.15, 0.2) is 27.7 Å². The van der Waals surface area contributed by atoms with Gasteiger partial charge >= 0.3 is 0 Å². The SMILES string of the molecule is NC1=NCC(c2ccc(Br)cc2F)N1CC1CC1. The quantitative estimate of drug-likeness (QED) is 0.932. The predicted octanol–water partition coefficient (Wildman–Crippen LogP) is 2.67. The van der Waals surface area contributed by atoms with Gasteiger partial charge in [-0.15, -0.1) is 0 Å². The van der Waals surface area contributed by atoms with E-state index >= 15 is 0 Å². The molecule has 1 fully saturated rings. The number of hydrogen-bond acceptors (Lipinski definition) is 3. The molecular formula is C13H15BrFN3. The second kappa shape index (κ2) is 4.53. The second-order valence-electron chi connectivity index (χ2n) is 4.98. The minimum atomic E-state index is -0.194. The van der Waals surface area contributed by atoms with Gasteiger partial charge < -0.3 is 10.6 Å². The van der Waals surface area contributed by atoms with Crippen LogP contribution in [0.4, 0.5) is 4.39 Å². The largest absolute Gasteiger partial charge is 0.370 e. The highest BCUT2D eigenvalue weighted by atomic mass is 79.9. The van der Waals surface area contributed by atoms with Gasteiger partial charge in [0.25, 0.3) is 0 Å². The van der Waals surface area contributed by atoms with Crippen LogP contribution in [0.25, 0.3) is 0 Å². The molecule has 1 saturated carbocycles. The minimum Gasteiger partial charge on any atom is -0.370 e. The van der Waals surface area contributed by atoms with E-state index in [9.17, 15) is 4.39 Å². The highest BCUT2D eigenvalue weighted by molar-refractivity contribution is 9.10. The molecule has 0 spiro atoms. The van der Waals surface area contributed by atoms with Crippen molar-refractivity contribution in [1.29, 1.82) is 0 Å². The summed E-state index contributed by atoms with van der Waals surface area (Å²) in [6.45, 7) is 1.45. The summed E-state index contributed by atoms with van der Waals surface area (Å²) in [5.41, 5.74) is 6.59. The van der Waals surface area contributed by atoms with E-state index in [2.05, 4.69) is 20.9 Å². The Kier molecular flexibility index (Phi) is 3.01. The van der Waals surface area contributed by atoms with Crippen molar-refractivity contribution in [2.24, 2.45) is 16.6 Å². The lowest BCUT2D eigenvalue weighted by molar-refractivity contribution is 0.326. The molecule has 18 heavy (non-hydrogen) atoms. The van der Waals surface area contributed by atoms with E-state index in [4.69, 9.17) is 5.73 Å². The predicted molar refractivity (Wildman–Crippen MR) is 72.8 cm³/mol. The van der Waals surface area contributed by atoms with Crippen molar-refractivity contribution < 1.29 is 4.39 Å². The third kappa shape index (κ3) is 2.23. The zero-order valence-electron chi connectivity index (χ0n) is 9.94. The van der Waals surface area contributed by atoms with E-state index in [1.807, 2.05) is 17.0 Å². The Bertz CT molecular complexity index is 499. The number of aliphatic imine (C=N–C) groups is 1.